The number of alkyl halides is 3. The van der Waals surface area contributed by atoms with Crippen LogP contribution < -0.4 is 5.32 Å². The summed E-state index contributed by atoms with van der Waals surface area (Å²) in [7, 11) is 1.56. The third-order valence-electron chi connectivity index (χ3n) is 4.01. The lowest BCUT2D eigenvalue weighted by atomic mass is 9.71. The highest BCUT2D eigenvalue weighted by molar-refractivity contribution is 5.32. The standard InChI is InChI=1S/C14H19F3N2O/c1-3-19-12(13(20-2)6-4-7-13)10-9-18-8-5-11(10)14(15,16)17/h5,8-9,12,19H,3-4,6-7H2,1-2H3. The largest absolute Gasteiger partial charge is 0.416 e. The van der Waals surface area contributed by atoms with Crippen molar-refractivity contribution in [2.75, 3.05) is 13.7 Å². The van der Waals surface area contributed by atoms with Gasteiger partial charge in [-0.05, 0) is 31.9 Å². The molecule has 112 valence electrons. The molecule has 0 bridgehead atoms. The number of rotatable bonds is 5. The molecule has 1 unspecified atom stereocenters. The molecule has 1 aromatic rings. The van der Waals surface area contributed by atoms with Crippen LogP contribution in [0.2, 0.25) is 0 Å². The van der Waals surface area contributed by atoms with Crippen LogP contribution in [0.4, 0.5) is 13.2 Å². The van der Waals surface area contributed by atoms with Gasteiger partial charge in [0.05, 0.1) is 17.2 Å². The molecule has 0 spiro atoms. The van der Waals surface area contributed by atoms with Gasteiger partial charge in [-0.2, -0.15) is 13.2 Å². The van der Waals surface area contributed by atoms with E-state index in [9.17, 15) is 13.2 Å². The van der Waals surface area contributed by atoms with E-state index in [0.717, 1.165) is 25.3 Å². The minimum absolute atomic E-state index is 0.170. The van der Waals surface area contributed by atoms with Crippen LogP contribution in [0.25, 0.3) is 0 Å². The molecule has 3 nitrogen and oxygen atoms in total. The van der Waals surface area contributed by atoms with Gasteiger partial charge in [0.15, 0.2) is 0 Å². The van der Waals surface area contributed by atoms with Crippen molar-refractivity contribution in [3.05, 3.63) is 29.6 Å². The van der Waals surface area contributed by atoms with E-state index in [1.54, 1.807) is 7.11 Å². The Bertz CT molecular complexity index is 452. The van der Waals surface area contributed by atoms with Crippen LogP contribution in [-0.2, 0) is 10.9 Å². The molecule has 0 radical (unpaired) electrons. The van der Waals surface area contributed by atoms with Crippen LogP contribution in [0, 0.1) is 0 Å². The number of methoxy groups -OCH3 is 1. The first-order valence-corrected chi connectivity index (χ1v) is 6.74. The molecule has 0 saturated heterocycles. The maximum Gasteiger partial charge on any atom is 0.416 e. The van der Waals surface area contributed by atoms with Crippen LogP contribution >= 0.6 is 0 Å². The topological polar surface area (TPSA) is 34.2 Å². The Labute approximate surface area is 116 Å². The zero-order valence-corrected chi connectivity index (χ0v) is 11.6. The van der Waals surface area contributed by atoms with Crippen LogP contribution in [0.5, 0.6) is 0 Å². The minimum atomic E-state index is -4.38. The van der Waals surface area contributed by atoms with Gasteiger partial charge in [0.2, 0.25) is 0 Å². The van der Waals surface area contributed by atoms with Crippen LogP contribution in [0.15, 0.2) is 18.5 Å². The molecular formula is C14H19F3N2O. The van der Waals surface area contributed by atoms with E-state index in [1.807, 2.05) is 6.92 Å². The predicted octanol–water partition coefficient (Wildman–Crippen LogP) is 3.32. The number of aromatic nitrogens is 1. The zero-order chi connectivity index (χ0) is 14.8. The summed E-state index contributed by atoms with van der Waals surface area (Å²) < 4.78 is 45.1. The lowest BCUT2D eigenvalue weighted by molar-refractivity contribution is -0.141. The number of pyridine rings is 1. The van der Waals surface area contributed by atoms with Gasteiger partial charge in [-0.3, -0.25) is 4.98 Å². The fourth-order valence-electron chi connectivity index (χ4n) is 2.81. The Morgan fingerprint density at radius 1 is 1.45 bits per heavy atom. The van der Waals surface area contributed by atoms with Gasteiger partial charge < -0.3 is 10.1 Å². The summed E-state index contributed by atoms with van der Waals surface area (Å²) in [6.45, 7) is 2.45. The average Bonchev–Trinajstić information content (AvgIpc) is 2.36. The number of likely N-dealkylation sites (N-methyl/N-ethyl adjacent to an activating group) is 1. The first-order chi connectivity index (χ1) is 9.44. The average molecular weight is 288 g/mol. The molecule has 2 rings (SSSR count). The highest BCUT2D eigenvalue weighted by Gasteiger charge is 2.47. The van der Waals surface area contributed by atoms with E-state index in [2.05, 4.69) is 10.3 Å². The molecule has 0 aliphatic heterocycles. The first kappa shape index (κ1) is 15.3. The van der Waals surface area contributed by atoms with Gasteiger partial charge in [0, 0.05) is 25.1 Å². The lowest BCUT2D eigenvalue weighted by Crippen LogP contribution is -2.51. The highest BCUT2D eigenvalue weighted by Crippen LogP contribution is 2.47. The molecule has 1 aliphatic rings. The van der Waals surface area contributed by atoms with Crippen molar-refractivity contribution >= 4 is 0 Å². The van der Waals surface area contributed by atoms with Crippen molar-refractivity contribution in [2.24, 2.45) is 0 Å². The number of ether oxygens (including phenoxy) is 1. The van der Waals surface area contributed by atoms with Crippen molar-refractivity contribution in [3.8, 4) is 0 Å². The van der Waals surface area contributed by atoms with Crippen molar-refractivity contribution in [2.45, 2.75) is 44.0 Å². The predicted molar refractivity (Wildman–Crippen MR) is 69.2 cm³/mol. The van der Waals surface area contributed by atoms with Crippen LogP contribution in [0.1, 0.15) is 43.4 Å². The summed E-state index contributed by atoms with van der Waals surface area (Å²) in [6, 6.07) is 0.540. The molecule has 1 heterocycles. The van der Waals surface area contributed by atoms with Gasteiger partial charge in [-0.1, -0.05) is 6.92 Å². The number of hydrogen-bond acceptors (Lipinski definition) is 3. The van der Waals surface area contributed by atoms with Gasteiger partial charge in [0.1, 0.15) is 0 Å². The van der Waals surface area contributed by atoms with Crippen molar-refractivity contribution in [1.29, 1.82) is 0 Å². The van der Waals surface area contributed by atoms with Crippen LogP contribution in [0.3, 0.4) is 0 Å². The van der Waals surface area contributed by atoms with E-state index in [4.69, 9.17) is 4.74 Å². The smallest absolute Gasteiger partial charge is 0.376 e. The third kappa shape index (κ3) is 2.67. The summed E-state index contributed by atoms with van der Waals surface area (Å²) in [5.74, 6) is 0. The Hall–Kier alpha value is -1.14. The number of hydrogen-bond donors (Lipinski definition) is 1. The quantitative estimate of drug-likeness (QED) is 0.902. The second-order valence-corrected chi connectivity index (χ2v) is 5.07. The van der Waals surface area contributed by atoms with Gasteiger partial charge in [-0.15, -0.1) is 0 Å². The van der Waals surface area contributed by atoms with Crippen molar-refractivity contribution in [3.63, 3.8) is 0 Å². The highest BCUT2D eigenvalue weighted by atomic mass is 19.4. The first-order valence-electron chi connectivity index (χ1n) is 6.74. The van der Waals surface area contributed by atoms with E-state index in [0.29, 0.717) is 6.54 Å². The maximum atomic E-state index is 13.2. The lowest BCUT2D eigenvalue weighted by Gasteiger charge is -2.47. The van der Waals surface area contributed by atoms with Crippen molar-refractivity contribution < 1.29 is 17.9 Å². The molecule has 0 amide bonds. The summed E-state index contributed by atoms with van der Waals surface area (Å²) in [5, 5.41) is 3.14. The van der Waals surface area contributed by atoms with E-state index < -0.39 is 23.4 Å². The number of halogens is 3. The van der Waals surface area contributed by atoms with Gasteiger partial charge in [-0.25, -0.2) is 0 Å². The third-order valence-corrected chi connectivity index (χ3v) is 4.01. The Kier molecular flexibility index (Phi) is 4.34. The summed E-state index contributed by atoms with van der Waals surface area (Å²) in [4.78, 5) is 3.87. The maximum absolute atomic E-state index is 13.2. The Balaban J connectivity index is 2.45. The van der Waals surface area contributed by atoms with Gasteiger partial charge >= 0.3 is 6.18 Å². The second kappa shape index (κ2) is 5.69. The molecule has 1 aromatic heterocycles. The zero-order valence-electron chi connectivity index (χ0n) is 11.6. The Morgan fingerprint density at radius 2 is 2.15 bits per heavy atom. The number of nitrogens with one attached hydrogen (secondary N) is 1. The molecule has 20 heavy (non-hydrogen) atoms. The van der Waals surface area contributed by atoms with E-state index in [-0.39, 0.29) is 5.56 Å². The molecule has 1 N–H and O–H groups in total. The molecular weight excluding hydrogens is 269 g/mol. The summed E-state index contributed by atoms with van der Waals surface area (Å²) in [6.07, 6.45) is 0.577. The minimum Gasteiger partial charge on any atom is -0.376 e. The van der Waals surface area contributed by atoms with Crippen molar-refractivity contribution in [1.82, 2.24) is 10.3 Å². The fourth-order valence-corrected chi connectivity index (χ4v) is 2.81. The summed E-state index contributed by atoms with van der Waals surface area (Å²) >= 11 is 0. The molecule has 0 aromatic carbocycles. The number of nitrogens with zero attached hydrogens (tertiary/aromatic N) is 1. The van der Waals surface area contributed by atoms with E-state index in [1.165, 1.54) is 12.4 Å². The second-order valence-electron chi connectivity index (χ2n) is 5.07. The summed E-state index contributed by atoms with van der Waals surface area (Å²) in [5.41, 5.74) is -1.02. The molecule has 1 saturated carbocycles. The Morgan fingerprint density at radius 3 is 2.60 bits per heavy atom. The van der Waals surface area contributed by atoms with E-state index >= 15 is 0 Å². The van der Waals surface area contributed by atoms with Crippen LogP contribution in [-0.4, -0.2) is 24.2 Å². The SMILES string of the molecule is CCNC(c1cnccc1C(F)(F)F)C1(OC)CCC1. The van der Waals surface area contributed by atoms with Gasteiger partial charge in [0.25, 0.3) is 0 Å². The molecule has 1 aliphatic carbocycles. The monoisotopic (exact) mass is 288 g/mol. The molecule has 1 fully saturated rings. The normalized spacial score (nSPS) is 19.4. The fraction of sp³-hybridized carbons (Fsp3) is 0.643. The molecule has 6 heteroatoms. The molecule has 1 atom stereocenters.